The molecule has 0 saturated carbocycles. The third-order valence-corrected chi connectivity index (χ3v) is 1.57. The minimum atomic E-state index is -2.59. The van der Waals surface area contributed by atoms with Gasteiger partial charge < -0.3 is 9.26 Å². The molecule has 13 heavy (non-hydrogen) atoms. The maximum atomic E-state index is 10.1. The molecule has 0 bridgehead atoms. The third kappa shape index (κ3) is 3.61. The quantitative estimate of drug-likeness (QED) is 0.723. The molecule has 7 heteroatoms. The van der Waals surface area contributed by atoms with Gasteiger partial charge in [-0.25, -0.2) is 0 Å². The fourth-order valence-corrected chi connectivity index (χ4v) is 0.996. The average molecular weight is 206 g/mol. The largest absolute Gasteiger partial charge is 0.695 e. The fourth-order valence-electron chi connectivity index (χ4n) is 0.759. The van der Waals surface area contributed by atoms with Crippen LogP contribution in [-0.4, -0.2) is 17.2 Å². The van der Waals surface area contributed by atoms with Crippen LogP contribution in [0.1, 0.15) is 11.5 Å². The Kier molecular flexibility index (Phi) is 3.98. The first kappa shape index (κ1) is 10.3. The van der Waals surface area contributed by atoms with Crippen molar-refractivity contribution in [1.29, 1.82) is 0 Å². The van der Waals surface area contributed by atoms with E-state index in [0.717, 1.165) is 0 Å². The number of aromatic nitrogens is 1. The topological polar surface area (TPSA) is 81.8 Å². The van der Waals surface area contributed by atoms with Crippen molar-refractivity contribution in [2.75, 3.05) is 7.11 Å². The molecule has 6 nitrogen and oxygen atoms in total. The van der Waals surface area contributed by atoms with Gasteiger partial charge in [-0.2, -0.15) is 0 Å². The van der Waals surface area contributed by atoms with E-state index in [1.807, 2.05) is 0 Å². The molecule has 72 valence electrons. The molecule has 1 aromatic heterocycles. The number of rotatable bonds is 5. The molecule has 0 aliphatic carbocycles. The highest BCUT2D eigenvalue weighted by atomic mass is 31.1. The summed E-state index contributed by atoms with van der Waals surface area (Å²) in [5.41, 5.74) is 0.620. The molecule has 0 aliphatic rings. The zero-order chi connectivity index (χ0) is 9.68. The van der Waals surface area contributed by atoms with Gasteiger partial charge in [0, 0.05) is 17.7 Å². The van der Waals surface area contributed by atoms with E-state index in [1.54, 1.807) is 6.07 Å². The molecule has 1 N–H and O–H groups in total. The van der Waals surface area contributed by atoms with E-state index in [-0.39, 0.29) is 6.61 Å². The lowest BCUT2D eigenvalue weighted by Gasteiger charge is -1.86. The van der Waals surface area contributed by atoms with Crippen LogP contribution in [0.15, 0.2) is 10.6 Å². The van der Waals surface area contributed by atoms with Gasteiger partial charge in [-0.3, -0.25) is 0 Å². The van der Waals surface area contributed by atoms with Crippen LogP contribution in [0.5, 0.6) is 0 Å². The summed E-state index contributed by atoms with van der Waals surface area (Å²) in [5.74, 6) is 0.393. The average Bonchev–Trinajstić information content (AvgIpc) is 2.50. The van der Waals surface area contributed by atoms with E-state index in [1.165, 1.54) is 7.11 Å². The molecular formula is C6H9NO5P+. The van der Waals surface area contributed by atoms with Gasteiger partial charge in [0.05, 0.1) is 6.61 Å². The lowest BCUT2D eigenvalue weighted by Crippen LogP contribution is -1.85. The van der Waals surface area contributed by atoms with E-state index in [4.69, 9.17) is 14.2 Å². The second kappa shape index (κ2) is 5.04. The zero-order valence-electron chi connectivity index (χ0n) is 6.97. The van der Waals surface area contributed by atoms with Gasteiger partial charge in [-0.1, -0.05) is 5.16 Å². The zero-order valence-corrected chi connectivity index (χ0v) is 7.86. The first-order valence-electron chi connectivity index (χ1n) is 3.45. The van der Waals surface area contributed by atoms with Crippen LogP contribution in [0.25, 0.3) is 0 Å². The Morgan fingerprint density at radius 2 is 2.46 bits per heavy atom. The molecule has 1 aromatic rings. The summed E-state index contributed by atoms with van der Waals surface area (Å²) in [5, 5.41) is 3.63. The molecule has 0 amide bonds. The van der Waals surface area contributed by atoms with Crippen LogP contribution >= 0.6 is 8.25 Å². The van der Waals surface area contributed by atoms with Crippen LogP contribution in [0.3, 0.4) is 0 Å². The Bertz CT molecular complexity index is 286. The minimum Gasteiger partial charge on any atom is -0.378 e. The van der Waals surface area contributed by atoms with E-state index in [9.17, 15) is 4.57 Å². The summed E-state index contributed by atoms with van der Waals surface area (Å²) in [7, 11) is -1.05. The van der Waals surface area contributed by atoms with Crippen LogP contribution in [0.2, 0.25) is 0 Å². The molecule has 0 saturated heterocycles. The number of ether oxygens (including phenoxy) is 1. The smallest absolute Gasteiger partial charge is 0.378 e. The van der Waals surface area contributed by atoms with Crippen molar-refractivity contribution in [1.82, 2.24) is 5.16 Å². The van der Waals surface area contributed by atoms with Crippen LogP contribution < -0.4 is 0 Å². The minimum absolute atomic E-state index is 0.0670. The molecule has 0 spiro atoms. The van der Waals surface area contributed by atoms with E-state index < -0.39 is 8.25 Å². The molecule has 1 rings (SSSR count). The van der Waals surface area contributed by atoms with Crippen LogP contribution in [0, 0.1) is 0 Å². The standard InChI is InChI=1S/C6H8NO5P/c1-10-3-5-2-6(12-7-5)4-11-13(8)9/h2H,3-4H2,1H3/p+1. The molecule has 1 heterocycles. The van der Waals surface area contributed by atoms with E-state index in [0.29, 0.717) is 18.1 Å². The summed E-state index contributed by atoms with van der Waals surface area (Å²) < 4.78 is 24.1. The second-order valence-corrected chi connectivity index (χ2v) is 2.96. The third-order valence-electron chi connectivity index (χ3n) is 1.22. The Hall–Kier alpha value is -0.810. The van der Waals surface area contributed by atoms with Gasteiger partial charge in [-0.15, -0.1) is 9.42 Å². The molecule has 1 atom stereocenters. The Balaban J connectivity index is 2.44. The Morgan fingerprint density at radius 3 is 3.08 bits per heavy atom. The van der Waals surface area contributed by atoms with E-state index in [2.05, 4.69) is 9.68 Å². The summed E-state index contributed by atoms with van der Waals surface area (Å²) in [6.07, 6.45) is 0. The van der Waals surface area contributed by atoms with Crippen molar-refractivity contribution >= 4 is 8.25 Å². The first-order chi connectivity index (χ1) is 6.22. The number of nitrogens with zero attached hydrogens (tertiary/aromatic N) is 1. The molecule has 0 radical (unpaired) electrons. The van der Waals surface area contributed by atoms with Crippen molar-refractivity contribution in [3.8, 4) is 0 Å². The van der Waals surface area contributed by atoms with Gasteiger partial charge in [0.15, 0.2) is 12.4 Å². The monoisotopic (exact) mass is 206 g/mol. The van der Waals surface area contributed by atoms with Gasteiger partial charge in [0.1, 0.15) is 5.69 Å². The van der Waals surface area contributed by atoms with Gasteiger partial charge in [0.2, 0.25) is 0 Å². The lowest BCUT2D eigenvalue weighted by molar-refractivity contribution is 0.176. The van der Waals surface area contributed by atoms with Crippen LogP contribution in [-0.2, 0) is 27.0 Å². The van der Waals surface area contributed by atoms with Crippen molar-refractivity contribution in [2.24, 2.45) is 0 Å². The predicted molar refractivity (Wildman–Crippen MR) is 41.8 cm³/mol. The lowest BCUT2D eigenvalue weighted by atomic mass is 10.4. The summed E-state index contributed by atoms with van der Waals surface area (Å²) >= 11 is 0. The number of hydrogen-bond acceptors (Lipinski definition) is 5. The van der Waals surface area contributed by atoms with Crippen molar-refractivity contribution in [3.05, 3.63) is 17.5 Å². The first-order valence-corrected chi connectivity index (χ1v) is 4.58. The molecule has 0 aromatic carbocycles. The SMILES string of the molecule is COCc1cc(CO[P+](=O)O)on1. The van der Waals surface area contributed by atoms with Gasteiger partial charge in [-0.05, 0) is 0 Å². The van der Waals surface area contributed by atoms with Crippen LogP contribution in [0.4, 0.5) is 0 Å². The van der Waals surface area contributed by atoms with Crippen molar-refractivity contribution in [3.63, 3.8) is 0 Å². The van der Waals surface area contributed by atoms with Gasteiger partial charge >= 0.3 is 8.25 Å². The number of methoxy groups -OCH3 is 1. The molecular weight excluding hydrogens is 197 g/mol. The molecule has 0 fully saturated rings. The second-order valence-electron chi connectivity index (χ2n) is 2.23. The summed E-state index contributed by atoms with van der Waals surface area (Å²) in [6.45, 7) is 0.275. The summed E-state index contributed by atoms with van der Waals surface area (Å²) in [6, 6.07) is 1.60. The number of hydrogen-bond donors (Lipinski definition) is 1. The predicted octanol–water partition coefficient (Wildman–Crippen LogP) is 0.987. The van der Waals surface area contributed by atoms with Crippen molar-refractivity contribution in [2.45, 2.75) is 13.2 Å². The molecule has 0 aliphatic heterocycles. The fraction of sp³-hybridized carbons (Fsp3) is 0.500. The maximum absolute atomic E-state index is 10.1. The highest BCUT2D eigenvalue weighted by Gasteiger charge is 2.14. The van der Waals surface area contributed by atoms with Crippen molar-refractivity contribution < 1.29 is 23.2 Å². The van der Waals surface area contributed by atoms with Gasteiger partial charge in [0.25, 0.3) is 0 Å². The highest BCUT2D eigenvalue weighted by molar-refractivity contribution is 7.32. The highest BCUT2D eigenvalue weighted by Crippen LogP contribution is 2.18. The Morgan fingerprint density at radius 1 is 1.69 bits per heavy atom. The Labute approximate surface area is 75.4 Å². The maximum Gasteiger partial charge on any atom is 0.695 e. The summed E-state index contributed by atoms with van der Waals surface area (Å²) in [4.78, 5) is 8.32. The normalized spacial score (nSPS) is 11.7. The molecule has 1 unspecified atom stereocenters. The van der Waals surface area contributed by atoms with E-state index >= 15 is 0 Å².